The van der Waals surface area contributed by atoms with E-state index in [1.165, 1.54) is 12.1 Å². The van der Waals surface area contributed by atoms with Crippen LogP contribution in [0.5, 0.6) is 0 Å². The van der Waals surface area contributed by atoms with Gasteiger partial charge in [0.15, 0.2) is 5.76 Å². The Kier molecular flexibility index (Phi) is 5.15. The molecule has 1 aromatic rings. The fourth-order valence-corrected chi connectivity index (χ4v) is 3.62. The molecule has 0 saturated carbocycles. The second kappa shape index (κ2) is 7.35. The second-order valence-electron chi connectivity index (χ2n) is 6.86. The zero-order chi connectivity index (χ0) is 18.8. The standard InChI is InChI=1S/C17H23N3O6/c1-3-11(2)13-10-25-17(22)19(13)12-6-8-18(9-7-12)16(21)14-4-5-15(26-14)20(23)24/h4-5,11-13H,3,6-10H2,1-2H3. The first-order valence-electron chi connectivity index (χ1n) is 8.91. The summed E-state index contributed by atoms with van der Waals surface area (Å²) in [5.74, 6) is -0.489. The maximum atomic E-state index is 12.5. The van der Waals surface area contributed by atoms with Crippen molar-refractivity contribution in [2.24, 2.45) is 5.92 Å². The smallest absolute Gasteiger partial charge is 0.433 e. The van der Waals surface area contributed by atoms with E-state index in [1.807, 2.05) is 4.90 Å². The largest absolute Gasteiger partial charge is 0.447 e. The summed E-state index contributed by atoms with van der Waals surface area (Å²) in [6, 6.07) is 2.62. The lowest BCUT2D eigenvalue weighted by atomic mass is 9.95. The van der Waals surface area contributed by atoms with Crippen molar-refractivity contribution in [3.05, 3.63) is 28.0 Å². The number of nitro groups is 1. The zero-order valence-corrected chi connectivity index (χ0v) is 14.9. The summed E-state index contributed by atoms with van der Waals surface area (Å²) in [5.41, 5.74) is 0. The van der Waals surface area contributed by atoms with Gasteiger partial charge in [0.2, 0.25) is 0 Å². The molecule has 2 aliphatic heterocycles. The van der Waals surface area contributed by atoms with Crippen LogP contribution in [0.15, 0.2) is 16.5 Å². The lowest BCUT2D eigenvalue weighted by Gasteiger charge is -2.38. The molecule has 1 aromatic heterocycles. The van der Waals surface area contributed by atoms with Gasteiger partial charge in [0.25, 0.3) is 5.91 Å². The Morgan fingerprint density at radius 3 is 2.65 bits per heavy atom. The first-order valence-corrected chi connectivity index (χ1v) is 8.91. The molecule has 2 unspecified atom stereocenters. The normalized spacial score (nSPS) is 22.4. The summed E-state index contributed by atoms with van der Waals surface area (Å²) in [7, 11) is 0. The predicted molar refractivity (Wildman–Crippen MR) is 90.7 cm³/mol. The minimum Gasteiger partial charge on any atom is -0.447 e. The maximum absolute atomic E-state index is 12.5. The first-order chi connectivity index (χ1) is 12.4. The van der Waals surface area contributed by atoms with Gasteiger partial charge in [0, 0.05) is 19.1 Å². The third-order valence-corrected chi connectivity index (χ3v) is 5.37. The van der Waals surface area contributed by atoms with Crippen LogP contribution in [0, 0.1) is 16.0 Å². The van der Waals surface area contributed by atoms with Crippen molar-refractivity contribution < 1.29 is 23.7 Å². The molecule has 0 aromatic carbocycles. The van der Waals surface area contributed by atoms with E-state index in [4.69, 9.17) is 9.15 Å². The van der Waals surface area contributed by atoms with Gasteiger partial charge in [-0.1, -0.05) is 20.3 Å². The molecule has 2 aliphatic rings. The van der Waals surface area contributed by atoms with Gasteiger partial charge in [-0.25, -0.2) is 4.79 Å². The molecule has 9 nitrogen and oxygen atoms in total. The highest BCUT2D eigenvalue weighted by molar-refractivity contribution is 5.91. The summed E-state index contributed by atoms with van der Waals surface area (Å²) in [5, 5.41) is 10.7. The molecule has 0 aliphatic carbocycles. The number of carbonyl (C=O) groups is 2. The summed E-state index contributed by atoms with van der Waals surface area (Å²) in [4.78, 5) is 38.1. The van der Waals surface area contributed by atoms with Crippen molar-refractivity contribution in [1.82, 2.24) is 9.80 Å². The minimum absolute atomic E-state index is 0.0341. The number of rotatable bonds is 5. The molecule has 26 heavy (non-hydrogen) atoms. The molecule has 2 fully saturated rings. The highest BCUT2D eigenvalue weighted by Crippen LogP contribution is 2.29. The monoisotopic (exact) mass is 365 g/mol. The van der Waals surface area contributed by atoms with Crippen LogP contribution in [0.3, 0.4) is 0 Å². The molecule has 0 bridgehead atoms. The van der Waals surface area contributed by atoms with Crippen molar-refractivity contribution >= 4 is 17.9 Å². The van der Waals surface area contributed by atoms with Crippen molar-refractivity contribution in [2.45, 2.75) is 45.2 Å². The Hall–Kier alpha value is -2.58. The van der Waals surface area contributed by atoms with Gasteiger partial charge < -0.3 is 14.1 Å². The number of hydrogen-bond donors (Lipinski definition) is 0. The first kappa shape index (κ1) is 18.2. The Morgan fingerprint density at radius 2 is 2.08 bits per heavy atom. The van der Waals surface area contributed by atoms with Crippen LogP contribution >= 0.6 is 0 Å². The van der Waals surface area contributed by atoms with Crippen LogP contribution in [-0.2, 0) is 4.74 Å². The van der Waals surface area contributed by atoms with Crippen LogP contribution in [0.2, 0.25) is 0 Å². The predicted octanol–water partition coefficient (Wildman–Crippen LogP) is 2.66. The molecule has 2 saturated heterocycles. The molecular formula is C17H23N3O6. The average Bonchev–Trinajstić information content (AvgIpc) is 3.28. The van der Waals surface area contributed by atoms with Gasteiger partial charge in [-0.05, 0) is 24.8 Å². The Morgan fingerprint density at radius 1 is 1.38 bits per heavy atom. The quantitative estimate of drug-likeness (QED) is 0.586. The van der Waals surface area contributed by atoms with E-state index in [0.29, 0.717) is 38.5 Å². The molecular weight excluding hydrogens is 342 g/mol. The lowest BCUT2D eigenvalue weighted by molar-refractivity contribution is -0.402. The van der Waals surface area contributed by atoms with Gasteiger partial charge >= 0.3 is 12.0 Å². The fraction of sp³-hybridized carbons (Fsp3) is 0.647. The number of hydrogen-bond acceptors (Lipinski definition) is 6. The van der Waals surface area contributed by atoms with Crippen molar-refractivity contribution in [3.8, 4) is 0 Å². The molecule has 142 valence electrons. The fourth-order valence-electron chi connectivity index (χ4n) is 3.62. The molecule has 2 atom stereocenters. The van der Waals surface area contributed by atoms with E-state index in [9.17, 15) is 19.7 Å². The third kappa shape index (κ3) is 3.38. The number of carbonyl (C=O) groups excluding carboxylic acids is 2. The number of likely N-dealkylation sites (tertiary alicyclic amines) is 1. The summed E-state index contributed by atoms with van der Waals surface area (Å²) in [6.07, 6.45) is 1.99. The zero-order valence-electron chi connectivity index (χ0n) is 14.9. The number of furan rings is 1. The van der Waals surface area contributed by atoms with Crippen LogP contribution in [-0.4, -0.2) is 58.5 Å². The van der Waals surface area contributed by atoms with Gasteiger partial charge in [0.1, 0.15) is 11.5 Å². The van der Waals surface area contributed by atoms with Crippen LogP contribution in [0.1, 0.15) is 43.7 Å². The van der Waals surface area contributed by atoms with Gasteiger partial charge in [0.05, 0.1) is 12.1 Å². The third-order valence-electron chi connectivity index (χ3n) is 5.37. The molecule has 9 heteroatoms. The van der Waals surface area contributed by atoms with E-state index in [2.05, 4.69) is 13.8 Å². The highest BCUT2D eigenvalue weighted by atomic mass is 16.6. The molecule has 3 heterocycles. The number of amides is 2. The molecule has 0 radical (unpaired) electrons. The average molecular weight is 365 g/mol. The lowest BCUT2D eigenvalue weighted by Crippen LogP contribution is -2.51. The summed E-state index contributed by atoms with van der Waals surface area (Å²) >= 11 is 0. The highest BCUT2D eigenvalue weighted by Gasteiger charge is 2.41. The van der Waals surface area contributed by atoms with Crippen molar-refractivity contribution in [2.75, 3.05) is 19.7 Å². The van der Waals surface area contributed by atoms with Gasteiger partial charge in [-0.15, -0.1) is 0 Å². The number of piperidine rings is 1. The molecule has 3 rings (SSSR count). The van der Waals surface area contributed by atoms with E-state index in [0.717, 1.165) is 6.42 Å². The second-order valence-corrected chi connectivity index (χ2v) is 6.86. The molecule has 0 spiro atoms. The van der Waals surface area contributed by atoms with Crippen molar-refractivity contribution in [3.63, 3.8) is 0 Å². The Balaban J connectivity index is 1.62. The van der Waals surface area contributed by atoms with Crippen molar-refractivity contribution in [1.29, 1.82) is 0 Å². The van der Waals surface area contributed by atoms with Crippen LogP contribution in [0.4, 0.5) is 10.7 Å². The van der Waals surface area contributed by atoms with E-state index < -0.39 is 10.8 Å². The summed E-state index contributed by atoms with van der Waals surface area (Å²) in [6.45, 7) is 5.56. The number of nitrogens with zero attached hydrogens (tertiary/aromatic N) is 3. The van der Waals surface area contributed by atoms with E-state index in [-0.39, 0.29) is 29.8 Å². The molecule has 2 amide bonds. The van der Waals surface area contributed by atoms with E-state index in [1.54, 1.807) is 4.90 Å². The van der Waals surface area contributed by atoms with Gasteiger partial charge in [-0.3, -0.25) is 19.8 Å². The number of cyclic esters (lactones) is 1. The SMILES string of the molecule is CCC(C)C1COC(=O)N1C1CCN(C(=O)c2ccc([N+](=O)[O-])o2)CC1. The Bertz CT molecular complexity index is 694. The maximum Gasteiger partial charge on any atom is 0.433 e. The summed E-state index contributed by atoms with van der Waals surface area (Å²) < 4.78 is 10.2. The van der Waals surface area contributed by atoms with E-state index >= 15 is 0 Å². The number of ether oxygens (including phenoxy) is 1. The van der Waals surface area contributed by atoms with Crippen LogP contribution < -0.4 is 0 Å². The molecule has 0 N–H and O–H groups in total. The topological polar surface area (TPSA) is 106 Å². The van der Waals surface area contributed by atoms with Gasteiger partial charge in [-0.2, -0.15) is 0 Å². The minimum atomic E-state index is -0.670. The van der Waals surface area contributed by atoms with Crippen LogP contribution in [0.25, 0.3) is 0 Å². The Labute approximate surface area is 151 Å².